The number of carbonyl (C=O) groups is 1. The molecule has 0 fully saturated rings. The molecule has 1 aromatic heterocycles. The molecule has 0 saturated carbocycles. The van der Waals surface area contributed by atoms with Crippen LogP contribution in [0.15, 0.2) is 10.9 Å². The molecule has 0 aromatic carbocycles. The van der Waals surface area contributed by atoms with Crippen LogP contribution < -0.4 is 5.43 Å². The molecule has 1 unspecified atom stereocenters. The van der Waals surface area contributed by atoms with Gasteiger partial charge in [-0.3, -0.25) is 9.69 Å². The van der Waals surface area contributed by atoms with E-state index in [0.29, 0.717) is 18.7 Å². The van der Waals surface area contributed by atoms with Crippen molar-refractivity contribution in [2.24, 2.45) is 0 Å². The van der Waals surface area contributed by atoms with Crippen molar-refractivity contribution in [3.63, 3.8) is 0 Å². The van der Waals surface area contributed by atoms with Crippen LogP contribution in [-0.2, 0) is 11.3 Å². The standard InChI is InChI=1S/C14H22N2O5/c1-4-10(14(20)21)16-9(2)7-12(18)13(19)11(16)8-15(3)5-6-17/h7,10,17,19H,4-6,8H2,1-3H3,(H,20,21). The van der Waals surface area contributed by atoms with Gasteiger partial charge in [-0.1, -0.05) is 6.92 Å². The highest BCUT2D eigenvalue weighted by Crippen LogP contribution is 2.23. The van der Waals surface area contributed by atoms with Gasteiger partial charge in [0.05, 0.1) is 12.3 Å². The Labute approximate surface area is 123 Å². The second kappa shape index (κ2) is 7.24. The maximum Gasteiger partial charge on any atom is 0.326 e. The zero-order valence-electron chi connectivity index (χ0n) is 12.5. The summed E-state index contributed by atoms with van der Waals surface area (Å²) in [6.07, 6.45) is 0.329. The number of aryl methyl sites for hydroxylation is 1. The van der Waals surface area contributed by atoms with Crippen LogP contribution in [0, 0.1) is 6.92 Å². The lowest BCUT2D eigenvalue weighted by Crippen LogP contribution is -2.30. The van der Waals surface area contributed by atoms with Gasteiger partial charge in [-0.25, -0.2) is 4.79 Å². The second-order valence-electron chi connectivity index (χ2n) is 5.04. The van der Waals surface area contributed by atoms with Gasteiger partial charge < -0.3 is 19.9 Å². The van der Waals surface area contributed by atoms with Crippen LogP contribution in [0.1, 0.15) is 30.8 Å². The molecule has 3 N–H and O–H groups in total. The number of rotatable bonds is 7. The van der Waals surface area contributed by atoms with Gasteiger partial charge in [0.15, 0.2) is 5.75 Å². The number of pyridine rings is 1. The molecule has 0 saturated heterocycles. The summed E-state index contributed by atoms with van der Waals surface area (Å²) in [5.41, 5.74) is 0.209. The molecule has 118 valence electrons. The molecule has 21 heavy (non-hydrogen) atoms. The summed E-state index contributed by atoms with van der Waals surface area (Å²) in [5.74, 6) is -1.46. The van der Waals surface area contributed by atoms with Gasteiger partial charge in [-0.05, 0) is 20.4 Å². The first-order valence-corrected chi connectivity index (χ1v) is 6.79. The minimum Gasteiger partial charge on any atom is -0.503 e. The van der Waals surface area contributed by atoms with Crippen molar-refractivity contribution in [2.45, 2.75) is 32.9 Å². The van der Waals surface area contributed by atoms with Gasteiger partial charge in [0.2, 0.25) is 5.43 Å². The fraction of sp³-hybridized carbons (Fsp3) is 0.571. The molecule has 0 aliphatic rings. The van der Waals surface area contributed by atoms with E-state index in [1.165, 1.54) is 10.6 Å². The number of aliphatic hydroxyl groups is 1. The minimum absolute atomic E-state index is 0.0660. The predicted molar refractivity (Wildman–Crippen MR) is 77.5 cm³/mol. The summed E-state index contributed by atoms with van der Waals surface area (Å²) in [4.78, 5) is 24.9. The van der Waals surface area contributed by atoms with Crippen molar-refractivity contribution in [2.75, 3.05) is 20.2 Å². The zero-order chi connectivity index (χ0) is 16.2. The zero-order valence-corrected chi connectivity index (χ0v) is 12.5. The number of nitrogens with zero attached hydrogens (tertiary/aromatic N) is 2. The van der Waals surface area contributed by atoms with E-state index < -0.39 is 23.2 Å². The molecule has 7 nitrogen and oxygen atoms in total. The summed E-state index contributed by atoms with van der Waals surface area (Å²) in [7, 11) is 1.72. The third kappa shape index (κ3) is 3.83. The molecule has 1 heterocycles. The molecule has 0 spiro atoms. The van der Waals surface area contributed by atoms with Crippen molar-refractivity contribution < 1.29 is 20.1 Å². The quantitative estimate of drug-likeness (QED) is 0.670. The van der Waals surface area contributed by atoms with Crippen LogP contribution in [0.5, 0.6) is 5.75 Å². The van der Waals surface area contributed by atoms with Crippen LogP contribution in [-0.4, -0.2) is 51.0 Å². The molecule has 0 aliphatic carbocycles. The Bertz CT molecular complexity index is 567. The van der Waals surface area contributed by atoms with E-state index in [0.717, 1.165) is 0 Å². The predicted octanol–water partition coefficient (Wildman–Crippen LogP) is 0.322. The smallest absolute Gasteiger partial charge is 0.326 e. The highest BCUT2D eigenvalue weighted by atomic mass is 16.4. The monoisotopic (exact) mass is 298 g/mol. The van der Waals surface area contributed by atoms with Gasteiger partial charge in [0, 0.05) is 24.8 Å². The highest BCUT2D eigenvalue weighted by Gasteiger charge is 2.24. The van der Waals surface area contributed by atoms with E-state index in [2.05, 4.69) is 0 Å². The summed E-state index contributed by atoms with van der Waals surface area (Å²) in [6.45, 7) is 3.83. The first kappa shape index (κ1) is 17.2. The Kier molecular flexibility index (Phi) is 5.92. The number of aromatic hydroxyl groups is 1. The summed E-state index contributed by atoms with van der Waals surface area (Å²) < 4.78 is 1.48. The van der Waals surface area contributed by atoms with E-state index in [9.17, 15) is 19.8 Å². The molecule has 7 heteroatoms. The number of hydrogen-bond acceptors (Lipinski definition) is 5. The fourth-order valence-corrected chi connectivity index (χ4v) is 2.35. The van der Waals surface area contributed by atoms with Crippen LogP contribution >= 0.6 is 0 Å². The maximum absolute atomic E-state index is 11.8. The Morgan fingerprint density at radius 3 is 2.57 bits per heavy atom. The number of aromatic nitrogens is 1. The minimum atomic E-state index is -1.02. The molecular weight excluding hydrogens is 276 g/mol. The molecule has 1 aromatic rings. The van der Waals surface area contributed by atoms with Crippen molar-refractivity contribution >= 4 is 5.97 Å². The van der Waals surface area contributed by atoms with Gasteiger partial charge in [0.25, 0.3) is 0 Å². The fourth-order valence-electron chi connectivity index (χ4n) is 2.35. The number of hydrogen-bond donors (Lipinski definition) is 3. The topological polar surface area (TPSA) is 103 Å². The maximum atomic E-state index is 11.8. The van der Waals surface area contributed by atoms with Gasteiger partial charge in [-0.2, -0.15) is 0 Å². The van der Waals surface area contributed by atoms with Crippen molar-refractivity contribution in [1.82, 2.24) is 9.47 Å². The van der Waals surface area contributed by atoms with Crippen LogP contribution in [0.4, 0.5) is 0 Å². The van der Waals surface area contributed by atoms with E-state index in [4.69, 9.17) is 5.11 Å². The van der Waals surface area contributed by atoms with Crippen LogP contribution in [0.25, 0.3) is 0 Å². The van der Waals surface area contributed by atoms with Crippen molar-refractivity contribution in [3.8, 4) is 5.75 Å². The molecule has 0 radical (unpaired) electrons. The van der Waals surface area contributed by atoms with Gasteiger partial charge >= 0.3 is 5.97 Å². The lowest BCUT2D eigenvalue weighted by molar-refractivity contribution is -0.141. The number of aliphatic hydroxyl groups excluding tert-OH is 1. The Morgan fingerprint density at radius 1 is 1.48 bits per heavy atom. The third-order valence-corrected chi connectivity index (χ3v) is 3.40. The third-order valence-electron chi connectivity index (χ3n) is 3.40. The molecule has 0 amide bonds. The molecule has 0 bridgehead atoms. The largest absolute Gasteiger partial charge is 0.503 e. The number of carboxylic acid groups (broad SMARTS) is 1. The van der Waals surface area contributed by atoms with Gasteiger partial charge in [-0.15, -0.1) is 0 Å². The van der Waals surface area contributed by atoms with Crippen molar-refractivity contribution in [3.05, 3.63) is 27.7 Å². The SMILES string of the molecule is CCC(C(=O)O)n1c(C)cc(=O)c(O)c1CN(C)CCO. The lowest BCUT2D eigenvalue weighted by Gasteiger charge is -2.25. The first-order valence-electron chi connectivity index (χ1n) is 6.79. The average molecular weight is 298 g/mol. The van der Waals surface area contributed by atoms with Crippen LogP contribution in [0.2, 0.25) is 0 Å². The normalized spacial score (nSPS) is 12.6. The number of carboxylic acids is 1. The molecule has 1 rings (SSSR count). The summed E-state index contributed by atoms with van der Waals surface area (Å²) in [6, 6.07) is 0.380. The number of aliphatic carboxylic acids is 1. The number of likely N-dealkylation sites (N-methyl/N-ethyl adjacent to an activating group) is 1. The highest BCUT2D eigenvalue weighted by molar-refractivity contribution is 5.72. The Balaban J connectivity index is 3.43. The van der Waals surface area contributed by atoms with Crippen LogP contribution in [0.3, 0.4) is 0 Å². The average Bonchev–Trinajstić information content (AvgIpc) is 2.39. The second-order valence-corrected chi connectivity index (χ2v) is 5.04. The van der Waals surface area contributed by atoms with Gasteiger partial charge in [0.1, 0.15) is 6.04 Å². The molecule has 1 atom stereocenters. The molecule has 0 aliphatic heterocycles. The van der Waals surface area contributed by atoms with E-state index >= 15 is 0 Å². The summed E-state index contributed by atoms with van der Waals surface area (Å²) in [5, 5.41) is 28.3. The Morgan fingerprint density at radius 2 is 2.10 bits per heavy atom. The lowest BCUT2D eigenvalue weighted by atomic mass is 10.1. The summed E-state index contributed by atoms with van der Waals surface area (Å²) >= 11 is 0. The molecular formula is C14H22N2O5. The van der Waals surface area contributed by atoms with E-state index in [-0.39, 0.29) is 18.8 Å². The van der Waals surface area contributed by atoms with E-state index in [1.54, 1.807) is 25.8 Å². The Hall–Kier alpha value is -1.86. The van der Waals surface area contributed by atoms with Crippen molar-refractivity contribution in [1.29, 1.82) is 0 Å². The van der Waals surface area contributed by atoms with E-state index in [1.807, 2.05) is 0 Å². The first-order chi connectivity index (χ1) is 9.83.